The third-order valence-electron chi connectivity index (χ3n) is 4.70. The number of hydrogen-bond acceptors (Lipinski definition) is 4. The second-order valence-electron chi connectivity index (χ2n) is 7.96. The highest BCUT2D eigenvalue weighted by Gasteiger charge is 2.10. The molecular formula is C26H32N2O2. The first-order valence-electron chi connectivity index (χ1n) is 10.6. The molecule has 4 heteroatoms. The monoisotopic (exact) mass is 404 g/mol. The van der Waals surface area contributed by atoms with Gasteiger partial charge in [0, 0.05) is 5.69 Å². The first-order chi connectivity index (χ1) is 14.4. The van der Waals surface area contributed by atoms with Crippen molar-refractivity contribution < 1.29 is 9.47 Å². The minimum absolute atomic E-state index is 0.154. The predicted molar refractivity (Wildman–Crippen MR) is 127 cm³/mol. The molecule has 0 heterocycles. The van der Waals surface area contributed by atoms with Crippen molar-refractivity contribution in [2.45, 2.75) is 53.2 Å². The summed E-state index contributed by atoms with van der Waals surface area (Å²) < 4.78 is 11.5. The van der Waals surface area contributed by atoms with Crippen LogP contribution < -0.4 is 20.5 Å². The molecule has 0 fully saturated rings. The van der Waals surface area contributed by atoms with Crippen molar-refractivity contribution in [2.24, 2.45) is 0 Å². The van der Waals surface area contributed by atoms with Gasteiger partial charge in [0.25, 0.3) is 0 Å². The summed E-state index contributed by atoms with van der Waals surface area (Å²) in [7, 11) is 0. The summed E-state index contributed by atoms with van der Waals surface area (Å²) in [4.78, 5) is 0. The summed E-state index contributed by atoms with van der Waals surface area (Å²) in [6.07, 6.45) is 1.22. The number of nitrogens with two attached hydrogens (primary N) is 1. The number of nitrogen functional groups attached to an aromatic ring is 1. The molecule has 3 rings (SSSR count). The van der Waals surface area contributed by atoms with Crippen LogP contribution in [0.2, 0.25) is 0 Å². The Morgan fingerprint density at radius 3 is 1.83 bits per heavy atom. The second-order valence-corrected chi connectivity index (χ2v) is 7.96. The van der Waals surface area contributed by atoms with Crippen molar-refractivity contribution in [1.82, 2.24) is 0 Å². The van der Waals surface area contributed by atoms with Gasteiger partial charge in [0.2, 0.25) is 0 Å². The van der Waals surface area contributed by atoms with Crippen molar-refractivity contribution >= 4 is 17.1 Å². The molecule has 0 saturated carbocycles. The standard InChI is InChI=1S/C26H32N2O2/c1-6-19-15-25(27)26(28-21-9-13-23(14-10-21)30-18(4)5)16-24(19)20-7-11-22(12-8-20)29-17(2)3/h7-18,28H,6,27H2,1-5H3. The lowest BCUT2D eigenvalue weighted by Crippen LogP contribution is -2.05. The number of aryl methyl sites for hydroxylation is 1. The fraction of sp³-hybridized carbons (Fsp3) is 0.308. The van der Waals surface area contributed by atoms with Gasteiger partial charge in [-0.1, -0.05) is 19.1 Å². The number of ether oxygens (including phenoxy) is 2. The van der Waals surface area contributed by atoms with E-state index in [1.165, 1.54) is 11.1 Å². The van der Waals surface area contributed by atoms with Gasteiger partial charge in [-0.3, -0.25) is 0 Å². The van der Waals surface area contributed by atoms with Crippen molar-refractivity contribution in [1.29, 1.82) is 0 Å². The molecule has 0 unspecified atom stereocenters. The molecule has 3 aromatic carbocycles. The molecule has 0 spiro atoms. The van der Waals surface area contributed by atoms with Crippen molar-refractivity contribution in [3.63, 3.8) is 0 Å². The Kier molecular flexibility index (Phi) is 6.88. The van der Waals surface area contributed by atoms with Crippen LogP contribution in [-0.2, 0) is 6.42 Å². The molecule has 0 bridgehead atoms. The third kappa shape index (κ3) is 5.47. The van der Waals surface area contributed by atoms with Crippen molar-refractivity contribution in [2.75, 3.05) is 11.1 Å². The van der Waals surface area contributed by atoms with Gasteiger partial charge in [0.15, 0.2) is 0 Å². The first kappa shape index (κ1) is 21.6. The van der Waals surface area contributed by atoms with Crippen LogP contribution in [0.4, 0.5) is 17.1 Å². The summed E-state index contributed by atoms with van der Waals surface area (Å²) in [5, 5.41) is 3.45. The quantitative estimate of drug-likeness (QED) is 0.405. The number of benzene rings is 3. The van der Waals surface area contributed by atoms with Crippen LogP contribution in [0.3, 0.4) is 0 Å². The van der Waals surface area contributed by atoms with E-state index in [9.17, 15) is 0 Å². The van der Waals surface area contributed by atoms with E-state index < -0.39 is 0 Å². The molecule has 3 N–H and O–H groups in total. The number of anilines is 3. The third-order valence-corrected chi connectivity index (χ3v) is 4.70. The van der Waals surface area contributed by atoms with Gasteiger partial charge < -0.3 is 20.5 Å². The van der Waals surface area contributed by atoms with E-state index in [4.69, 9.17) is 15.2 Å². The SMILES string of the molecule is CCc1cc(N)c(Nc2ccc(OC(C)C)cc2)cc1-c1ccc(OC(C)C)cc1. The molecule has 158 valence electrons. The maximum atomic E-state index is 6.36. The van der Waals surface area contributed by atoms with Crippen LogP contribution in [-0.4, -0.2) is 12.2 Å². The first-order valence-corrected chi connectivity index (χ1v) is 10.6. The fourth-order valence-corrected chi connectivity index (χ4v) is 3.36. The van der Waals surface area contributed by atoms with Gasteiger partial charge in [0.1, 0.15) is 11.5 Å². The van der Waals surface area contributed by atoms with E-state index >= 15 is 0 Å². The minimum atomic E-state index is 0.154. The second kappa shape index (κ2) is 9.57. The largest absolute Gasteiger partial charge is 0.491 e. The highest BCUT2D eigenvalue weighted by atomic mass is 16.5. The van der Waals surface area contributed by atoms with Gasteiger partial charge in [-0.05, 0) is 99.3 Å². The molecular weight excluding hydrogens is 372 g/mol. The molecule has 3 aromatic rings. The molecule has 0 amide bonds. The highest BCUT2D eigenvalue weighted by molar-refractivity contribution is 5.82. The van der Waals surface area contributed by atoms with E-state index in [2.05, 4.69) is 36.5 Å². The Labute approximate surface area is 180 Å². The molecule has 0 aromatic heterocycles. The van der Waals surface area contributed by atoms with Gasteiger partial charge in [-0.25, -0.2) is 0 Å². The smallest absolute Gasteiger partial charge is 0.119 e. The number of rotatable bonds is 8. The average Bonchev–Trinajstić information content (AvgIpc) is 2.70. The van der Waals surface area contributed by atoms with Crippen molar-refractivity contribution in [3.05, 3.63) is 66.2 Å². The van der Waals surface area contributed by atoms with E-state index in [1.807, 2.05) is 64.1 Å². The van der Waals surface area contributed by atoms with Gasteiger partial charge >= 0.3 is 0 Å². The van der Waals surface area contributed by atoms with Crippen LogP contribution in [0.25, 0.3) is 11.1 Å². The zero-order valence-electron chi connectivity index (χ0n) is 18.5. The Balaban J connectivity index is 1.88. The van der Waals surface area contributed by atoms with Crippen LogP contribution in [0.5, 0.6) is 11.5 Å². The summed E-state index contributed by atoms with van der Waals surface area (Å²) in [6, 6.07) is 20.4. The van der Waals surface area contributed by atoms with Crippen LogP contribution in [0.1, 0.15) is 40.2 Å². The van der Waals surface area contributed by atoms with E-state index in [-0.39, 0.29) is 12.2 Å². The highest BCUT2D eigenvalue weighted by Crippen LogP contribution is 2.34. The Hall–Kier alpha value is -3.14. The van der Waals surface area contributed by atoms with E-state index in [1.54, 1.807) is 0 Å². The summed E-state index contributed by atoms with van der Waals surface area (Å²) in [5.41, 5.74) is 12.5. The molecule has 0 radical (unpaired) electrons. The Morgan fingerprint density at radius 1 is 0.800 bits per heavy atom. The maximum absolute atomic E-state index is 6.36. The summed E-state index contributed by atoms with van der Waals surface area (Å²) >= 11 is 0. The molecule has 0 aliphatic carbocycles. The van der Waals surface area contributed by atoms with Gasteiger partial charge in [-0.15, -0.1) is 0 Å². The topological polar surface area (TPSA) is 56.5 Å². The lowest BCUT2D eigenvalue weighted by molar-refractivity contribution is 0.242. The molecule has 0 aliphatic rings. The average molecular weight is 405 g/mol. The predicted octanol–water partition coefficient (Wildman–Crippen LogP) is 6.82. The zero-order valence-corrected chi connectivity index (χ0v) is 18.5. The Morgan fingerprint density at radius 2 is 1.33 bits per heavy atom. The van der Waals surface area contributed by atoms with Crippen LogP contribution >= 0.6 is 0 Å². The normalized spacial score (nSPS) is 11.0. The number of nitrogens with one attached hydrogen (secondary N) is 1. The van der Waals surface area contributed by atoms with Gasteiger partial charge in [-0.2, -0.15) is 0 Å². The van der Waals surface area contributed by atoms with E-state index in [0.29, 0.717) is 0 Å². The zero-order chi connectivity index (χ0) is 21.7. The molecule has 0 atom stereocenters. The molecule has 4 nitrogen and oxygen atoms in total. The fourth-order valence-electron chi connectivity index (χ4n) is 3.36. The van der Waals surface area contributed by atoms with Crippen LogP contribution in [0, 0.1) is 0 Å². The Bertz CT molecular complexity index is 962. The number of hydrogen-bond donors (Lipinski definition) is 2. The lowest BCUT2D eigenvalue weighted by Gasteiger charge is -2.17. The minimum Gasteiger partial charge on any atom is -0.491 e. The molecule has 0 saturated heterocycles. The summed E-state index contributed by atoms with van der Waals surface area (Å²) in [6.45, 7) is 10.2. The lowest BCUT2D eigenvalue weighted by atomic mass is 9.96. The summed E-state index contributed by atoms with van der Waals surface area (Å²) in [5.74, 6) is 1.73. The van der Waals surface area contributed by atoms with Gasteiger partial charge in [0.05, 0.1) is 23.6 Å². The van der Waals surface area contributed by atoms with Crippen LogP contribution in [0.15, 0.2) is 60.7 Å². The maximum Gasteiger partial charge on any atom is 0.119 e. The molecule has 0 aliphatic heterocycles. The molecule has 30 heavy (non-hydrogen) atoms. The van der Waals surface area contributed by atoms with Crippen molar-refractivity contribution in [3.8, 4) is 22.6 Å². The van der Waals surface area contributed by atoms with E-state index in [0.717, 1.165) is 40.5 Å².